The van der Waals surface area contributed by atoms with Crippen molar-refractivity contribution in [3.8, 4) is 22.1 Å². The third kappa shape index (κ3) is 2.21. The number of aromatic nitrogens is 2. The molecule has 0 amide bonds. The van der Waals surface area contributed by atoms with E-state index in [4.69, 9.17) is 4.42 Å². The van der Waals surface area contributed by atoms with Crippen LogP contribution in [0.1, 0.15) is 15.5 Å². The molecule has 3 rings (SSSR count). The van der Waals surface area contributed by atoms with Crippen molar-refractivity contribution in [3.05, 3.63) is 47.2 Å². The molecule has 2 aromatic heterocycles. The summed E-state index contributed by atoms with van der Waals surface area (Å²) < 4.78 is 5.64. The van der Waals surface area contributed by atoms with Crippen molar-refractivity contribution < 1.29 is 14.3 Å². The number of carboxylic acids is 1. The van der Waals surface area contributed by atoms with Crippen LogP contribution in [-0.2, 0) is 0 Å². The number of oxazole rings is 1. The van der Waals surface area contributed by atoms with Gasteiger partial charge in [0.25, 0.3) is 0 Å². The lowest BCUT2D eigenvalue weighted by molar-refractivity contribution is 0.0691. The predicted molar refractivity (Wildman–Crippen MR) is 74.7 cm³/mol. The summed E-state index contributed by atoms with van der Waals surface area (Å²) in [6.07, 6.45) is 1.60. The Morgan fingerprint density at radius 1 is 1.30 bits per heavy atom. The van der Waals surface area contributed by atoms with Crippen LogP contribution in [0.4, 0.5) is 0 Å². The van der Waals surface area contributed by atoms with Gasteiger partial charge >= 0.3 is 5.97 Å². The quantitative estimate of drug-likeness (QED) is 0.797. The second kappa shape index (κ2) is 4.90. The van der Waals surface area contributed by atoms with Gasteiger partial charge in [0, 0.05) is 11.8 Å². The van der Waals surface area contributed by atoms with Gasteiger partial charge in [0.15, 0.2) is 11.5 Å². The third-order valence-electron chi connectivity index (χ3n) is 2.70. The van der Waals surface area contributed by atoms with E-state index in [0.29, 0.717) is 10.8 Å². The molecule has 0 spiro atoms. The zero-order chi connectivity index (χ0) is 14.1. The standard InChI is InChI=1S/C14H10N2O3S/c1-8-15-7-10(20-8)12-11(14(17)18)16-13(19-12)9-5-3-2-4-6-9/h2-7H,1H3,(H,17,18). The summed E-state index contributed by atoms with van der Waals surface area (Å²) in [4.78, 5) is 20.2. The maximum Gasteiger partial charge on any atom is 0.358 e. The van der Waals surface area contributed by atoms with Crippen LogP contribution in [0.2, 0.25) is 0 Å². The van der Waals surface area contributed by atoms with E-state index in [0.717, 1.165) is 10.6 Å². The molecule has 0 saturated carbocycles. The lowest BCUT2D eigenvalue weighted by Crippen LogP contribution is -1.98. The normalized spacial score (nSPS) is 10.7. The Balaban J connectivity index is 2.15. The highest BCUT2D eigenvalue weighted by Gasteiger charge is 2.22. The minimum absolute atomic E-state index is 0.0903. The molecular formula is C14H10N2O3S. The van der Waals surface area contributed by atoms with E-state index in [2.05, 4.69) is 9.97 Å². The molecule has 0 bridgehead atoms. The molecule has 0 aliphatic rings. The fraction of sp³-hybridized carbons (Fsp3) is 0.0714. The minimum Gasteiger partial charge on any atom is -0.476 e. The van der Waals surface area contributed by atoms with Crippen LogP contribution in [-0.4, -0.2) is 21.0 Å². The number of thiazole rings is 1. The largest absolute Gasteiger partial charge is 0.476 e. The van der Waals surface area contributed by atoms with Crippen LogP contribution in [0.15, 0.2) is 40.9 Å². The van der Waals surface area contributed by atoms with E-state index >= 15 is 0 Å². The second-order valence-electron chi connectivity index (χ2n) is 4.11. The summed E-state index contributed by atoms with van der Waals surface area (Å²) in [6.45, 7) is 1.85. The van der Waals surface area contributed by atoms with Gasteiger partial charge in [-0.1, -0.05) is 18.2 Å². The molecule has 3 aromatic rings. The first kappa shape index (κ1) is 12.6. The van der Waals surface area contributed by atoms with Gasteiger partial charge in [-0.3, -0.25) is 0 Å². The fourth-order valence-corrected chi connectivity index (χ4v) is 2.56. The van der Waals surface area contributed by atoms with Gasteiger partial charge < -0.3 is 9.52 Å². The number of rotatable bonds is 3. The second-order valence-corrected chi connectivity index (χ2v) is 5.35. The number of carboxylic acid groups (broad SMARTS) is 1. The smallest absolute Gasteiger partial charge is 0.358 e. The lowest BCUT2D eigenvalue weighted by Gasteiger charge is -1.93. The molecule has 0 atom stereocenters. The Bertz CT molecular complexity index is 762. The lowest BCUT2D eigenvalue weighted by atomic mass is 10.2. The van der Waals surface area contributed by atoms with Crippen molar-refractivity contribution in [2.45, 2.75) is 6.92 Å². The Morgan fingerprint density at radius 3 is 2.65 bits per heavy atom. The molecule has 5 nitrogen and oxygen atoms in total. The van der Waals surface area contributed by atoms with Gasteiger partial charge in [-0.25, -0.2) is 14.8 Å². The fourth-order valence-electron chi connectivity index (χ4n) is 1.80. The Hall–Kier alpha value is -2.47. The third-order valence-corrected chi connectivity index (χ3v) is 3.61. The number of hydrogen-bond donors (Lipinski definition) is 1. The number of nitrogens with zero attached hydrogens (tertiary/aromatic N) is 2. The summed E-state index contributed by atoms with van der Waals surface area (Å²) in [5.74, 6) is -0.567. The van der Waals surface area contributed by atoms with Crippen molar-refractivity contribution >= 4 is 17.3 Å². The molecule has 1 N–H and O–H groups in total. The molecule has 0 unspecified atom stereocenters. The summed E-state index contributed by atoms with van der Waals surface area (Å²) in [5, 5.41) is 10.1. The van der Waals surface area contributed by atoms with Crippen LogP contribution in [0.5, 0.6) is 0 Å². The number of benzene rings is 1. The van der Waals surface area contributed by atoms with E-state index in [1.165, 1.54) is 11.3 Å². The van der Waals surface area contributed by atoms with Crippen molar-refractivity contribution in [3.63, 3.8) is 0 Å². The highest BCUT2D eigenvalue weighted by atomic mass is 32.1. The van der Waals surface area contributed by atoms with Crippen molar-refractivity contribution in [2.24, 2.45) is 0 Å². The molecule has 0 aliphatic heterocycles. The summed E-state index contributed by atoms with van der Waals surface area (Å²) in [6, 6.07) is 9.20. The summed E-state index contributed by atoms with van der Waals surface area (Å²) in [5.41, 5.74) is 0.648. The highest BCUT2D eigenvalue weighted by Crippen LogP contribution is 2.32. The van der Waals surface area contributed by atoms with E-state index < -0.39 is 5.97 Å². The number of aromatic carboxylic acids is 1. The monoisotopic (exact) mass is 286 g/mol. The van der Waals surface area contributed by atoms with Crippen molar-refractivity contribution in [1.82, 2.24) is 9.97 Å². The Morgan fingerprint density at radius 2 is 2.05 bits per heavy atom. The molecule has 1 aromatic carbocycles. The molecule has 2 heterocycles. The van der Waals surface area contributed by atoms with Crippen molar-refractivity contribution in [2.75, 3.05) is 0 Å². The first-order valence-corrected chi connectivity index (χ1v) is 6.69. The van der Waals surface area contributed by atoms with Crippen LogP contribution in [0.3, 0.4) is 0 Å². The molecule has 6 heteroatoms. The average Bonchev–Trinajstić information content (AvgIpc) is 3.05. The van der Waals surface area contributed by atoms with Gasteiger partial charge in [-0.05, 0) is 19.1 Å². The highest BCUT2D eigenvalue weighted by molar-refractivity contribution is 7.15. The average molecular weight is 286 g/mol. The first-order chi connectivity index (χ1) is 9.65. The van der Waals surface area contributed by atoms with Crippen molar-refractivity contribution in [1.29, 1.82) is 0 Å². The van der Waals surface area contributed by atoms with Crippen LogP contribution < -0.4 is 0 Å². The van der Waals surface area contributed by atoms with Crippen LogP contribution in [0.25, 0.3) is 22.1 Å². The van der Waals surface area contributed by atoms with Crippen LogP contribution >= 0.6 is 11.3 Å². The SMILES string of the molecule is Cc1ncc(-c2oc(-c3ccccc3)nc2C(=O)O)s1. The topological polar surface area (TPSA) is 76.2 Å². The van der Waals surface area contributed by atoms with Gasteiger partial charge in [-0.2, -0.15) is 0 Å². The molecular weight excluding hydrogens is 276 g/mol. The Labute approximate surface area is 118 Å². The van der Waals surface area contributed by atoms with Gasteiger partial charge in [0.1, 0.15) is 0 Å². The van der Waals surface area contributed by atoms with Crippen LogP contribution in [0, 0.1) is 6.92 Å². The van der Waals surface area contributed by atoms with Gasteiger partial charge in [0.2, 0.25) is 5.89 Å². The van der Waals surface area contributed by atoms with E-state index in [-0.39, 0.29) is 11.5 Å². The zero-order valence-corrected chi connectivity index (χ0v) is 11.3. The number of aryl methyl sites for hydroxylation is 1. The first-order valence-electron chi connectivity index (χ1n) is 5.87. The molecule has 100 valence electrons. The van der Waals surface area contributed by atoms with E-state index in [1.54, 1.807) is 6.20 Å². The number of hydrogen-bond acceptors (Lipinski definition) is 5. The predicted octanol–water partition coefficient (Wildman–Crippen LogP) is 3.47. The van der Waals surface area contributed by atoms with E-state index in [1.807, 2.05) is 37.3 Å². The summed E-state index contributed by atoms with van der Waals surface area (Å²) >= 11 is 1.37. The maximum atomic E-state index is 11.3. The van der Waals surface area contributed by atoms with E-state index in [9.17, 15) is 9.90 Å². The zero-order valence-electron chi connectivity index (χ0n) is 10.5. The van der Waals surface area contributed by atoms with Gasteiger partial charge in [0.05, 0.1) is 9.88 Å². The molecule has 0 fully saturated rings. The Kier molecular flexibility index (Phi) is 3.08. The molecule has 20 heavy (non-hydrogen) atoms. The molecule has 0 radical (unpaired) electrons. The van der Waals surface area contributed by atoms with Gasteiger partial charge in [-0.15, -0.1) is 11.3 Å². The molecule has 0 aliphatic carbocycles. The minimum atomic E-state index is -1.11. The summed E-state index contributed by atoms with van der Waals surface area (Å²) in [7, 11) is 0. The number of carbonyl (C=O) groups is 1. The maximum absolute atomic E-state index is 11.3. The molecule has 0 saturated heterocycles.